The maximum absolute atomic E-state index is 10.9. The molecule has 2 rings (SSSR count). The van der Waals surface area contributed by atoms with Crippen molar-refractivity contribution in [2.24, 2.45) is 0 Å². The molecule has 0 fully saturated rings. The van der Waals surface area contributed by atoms with Crippen molar-refractivity contribution >= 4 is 22.3 Å². The Balaban J connectivity index is 2.53. The van der Waals surface area contributed by atoms with E-state index in [1.54, 1.807) is 13.2 Å². The van der Waals surface area contributed by atoms with Gasteiger partial charge in [0.1, 0.15) is 10.8 Å². The minimum Gasteiger partial charge on any atom is -0.496 e. The fourth-order valence-corrected chi connectivity index (χ4v) is 2.50. The molecule has 0 aliphatic carbocycles. The standard InChI is InChI=1S/C12H11NO3S/c1-16-9-5-3-2-4-7(9)10-6-8(12(14)15)11(13)17-10/h2-6H,13H2,1H3,(H,14,15). The number of carbonyl (C=O) groups is 1. The minimum atomic E-state index is -1.01. The number of anilines is 1. The zero-order valence-electron chi connectivity index (χ0n) is 9.14. The van der Waals surface area contributed by atoms with E-state index in [1.165, 1.54) is 11.3 Å². The molecule has 0 saturated heterocycles. The van der Waals surface area contributed by atoms with Gasteiger partial charge in [0.15, 0.2) is 0 Å². The Morgan fingerprint density at radius 1 is 1.41 bits per heavy atom. The number of carboxylic acid groups (broad SMARTS) is 1. The zero-order chi connectivity index (χ0) is 12.4. The van der Waals surface area contributed by atoms with Crippen LogP contribution in [0.25, 0.3) is 10.4 Å². The van der Waals surface area contributed by atoms with Gasteiger partial charge in [-0.3, -0.25) is 0 Å². The van der Waals surface area contributed by atoms with Gasteiger partial charge in [0.25, 0.3) is 0 Å². The number of para-hydroxylation sites is 1. The van der Waals surface area contributed by atoms with Crippen LogP contribution in [0.2, 0.25) is 0 Å². The summed E-state index contributed by atoms with van der Waals surface area (Å²) in [5.74, 6) is -0.314. The molecule has 0 unspecified atom stereocenters. The summed E-state index contributed by atoms with van der Waals surface area (Å²) in [6.07, 6.45) is 0. The Morgan fingerprint density at radius 2 is 2.12 bits per heavy atom. The Labute approximate surface area is 102 Å². The number of nitrogen functional groups attached to an aromatic ring is 1. The van der Waals surface area contributed by atoms with Crippen LogP contribution < -0.4 is 10.5 Å². The Bertz CT molecular complexity index is 563. The molecule has 3 N–H and O–H groups in total. The van der Waals surface area contributed by atoms with E-state index in [-0.39, 0.29) is 5.56 Å². The predicted octanol–water partition coefficient (Wildman–Crippen LogP) is 2.70. The number of aromatic carboxylic acids is 1. The number of benzene rings is 1. The lowest BCUT2D eigenvalue weighted by molar-refractivity contribution is 0.0698. The number of ether oxygens (including phenoxy) is 1. The van der Waals surface area contributed by atoms with Crippen LogP contribution in [0, 0.1) is 0 Å². The normalized spacial score (nSPS) is 10.2. The first-order valence-electron chi connectivity index (χ1n) is 4.89. The summed E-state index contributed by atoms with van der Waals surface area (Å²) in [6, 6.07) is 8.99. The van der Waals surface area contributed by atoms with E-state index in [9.17, 15) is 4.79 Å². The number of rotatable bonds is 3. The molecule has 88 valence electrons. The van der Waals surface area contributed by atoms with Crippen LogP contribution in [0.1, 0.15) is 10.4 Å². The summed E-state index contributed by atoms with van der Waals surface area (Å²) in [4.78, 5) is 11.7. The molecule has 0 amide bonds. The summed E-state index contributed by atoms with van der Waals surface area (Å²) >= 11 is 1.24. The van der Waals surface area contributed by atoms with Crippen molar-refractivity contribution in [3.05, 3.63) is 35.9 Å². The van der Waals surface area contributed by atoms with Gasteiger partial charge >= 0.3 is 5.97 Å². The summed E-state index contributed by atoms with van der Waals surface area (Å²) in [7, 11) is 1.58. The molecule has 17 heavy (non-hydrogen) atoms. The molecule has 5 heteroatoms. The molecule has 1 heterocycles. The third-order valence-corrected chi connectivity index (χ3v) is 3.36. The summed E-state index contributed by atoms with van der Waals surface area (Å²) < 4.78 is 5.23. The number of hydrogen-bond donors (Lipinski definition) is 2. The zero-order valence-corrected chi connectivity index (χ0v) is 9.95. The molecule has 0 bridgehead atoms. The summed E-state index contributed by atoms with van der Waals surface area (Å²) in [5.41, 5.74) is 6.65. The monoisotopic (exact) mass is 249 g/mol. The Hall–Kier alpha value is -2.01. The van der Waals surface area contributed by atoms with Gasteiger partial charge in [-0.05, 0) is 18.2 Å². The second kappa shape index (κ2) is 4.47. The maximum Gasteiger partial charge on any atom is 0.338 e. The fourth-order valence-electron chi connectivity index (χ4n) is 1.55. The van der Waals surface area contributed by atoms with Gasteiger partial charge in [-0.1, -0.05) is 12.1 Å². The molecule has 0 atom stereocenters. The molecule has 4 nitrogen and oxygen atoms in total. The average Bonchev–Trinajstić information content (AvgIpc) is 2.71. The molecular weight excluding hydrogens is 238 g/mol. The van der Waals surface area contributed by atoms with Crippen molar-refractivity contribution in [3.63, 3.8) is 0 Å². The first-order valence-corrected chi connectivity index (χ1v) is 5.71. The van der Waals surface area contributed by atoms with Crippen molar-refractivity contribution < 1.29 is 14.6 Å². The van der Waals surface area contributed by atoms with Crippen LogP contribution >= 0.6 is 11.3 Å². The predicted molar refractivity (Wildman–Crippen MR) is 67.7 cm³/mol. The van der Waals surface area contributed by atoms with Crippen molar-refractivity contribution in [1.82, 2.24) is 0 Å². The highest BCUT2D eigenvalue weighted by Crippen LogP contribution is 2.38. The fraction of sp³-hybridized carbons (Fsp3) is 0.0833. The van der Waals surface area contributed by atoms with E-state index >= 15 is 0 Å². The van der Waals surface area contributed by atoms with Gasteiger partial charge in [-0.2, -0.15) is 0 Å². The van der Waals surface area contributed by atoms with E-state index in [4.69, 9.17) is 15.6 Å². The number of nitrogens with two attached hydrogens (primary N) is 1. The van der Waals surface area contributed by atoms with Crippen LogP contribution in [-0.2, 0) is 0 Å². The third-order valence-electron chi connectivity index (χ3n) is 2.36. The molecule has 0 aliphatic rings. The average molecular weight is 249 g/mol. The van der Waals surface area contributed by atoms with Crippen molar-refractivity contribution in [2.75, 3.05) is 12.8 Å². The Morgan fingerprint density at radius 3 is 2.71 bits per heavy atom. The summed E-state index contributed by atoms with van der Waals surface area (Å²) in [5, 5.41) is 9.25. The first kappa shape index (κ1) is 11.5. The van der Waals surface area contributed by atoms with E-state index in [2.05, 4.69) is 0 Å². The number of thiophene rings is 1. The van der Waals surface area contributed by atoms with Crippen molar-refractivity contribution in [1.29, 1.82) is 0 Å². The van der Waals surface area contributed by atoms with Crippen LogP contribution in [0.15, 0.2) is 30.3 Å². The molecular formula is C12H11NO3S. The molecule has 2 aromatic rings. The van der Waals surface area contributed by atoms with Crippen molar-refractivity contribution in [3.8, 4) is 16.2 Å². The largest absolute Gasteiger partial charge is 0.496 e. The SMILES string of the molecule is COc1ccccc1-c1cc(C(=O)O)c(N)s1. The highest BCUT2D eigenvalue weighted by atomic mass is 32.1. The van der Waals surface area contributed by atoms with E-state index in [1.807, 2.05) is 24.3 Å². The quantitative estimate of drug-likeness (QED) is 0.877. The maximum atomic E-state index is 10.9. The number of methoxy groups -OCH3 is 1. The van der Waals surface area contributed by atoms with Gasteiger partial charge in [0.2, 0.25) is 0 Å². The van der Waals surface area contributed by atoms with Gasteiger partial charge < -0.3 is 15.6 Å². The lowest BCUT2D eigenvalue weighted by Gasteiger charge is -2.05. The minimum absolute atomic E-state index is 0.135. The van der Waals surface area contributed by atoms with Crippen LogP contribution in [0.5, 0.6) is 5.75 Å². The summed E-state index contributed by atoms with van der Waals surface area (Å²) in [6.45, 7) is 0. The smallest absolute Gasteiger partial charge is 0.338 e. The molecule has 0 radical (unpaired) electrons. The molecule has 1 aromatic carbocycles. The van der Waals surface area contributed by atoms with Gasteiger partial charge in [0.05, 0.1) is 12.7 Å². The van der Waals surface area contributed by atoms with Crippen LogP contribution in [0.3, 0.4) is 0 Å². The number of hydrogen-bond acceptors (Lipinski definition) is 4. The van der Waals surface area contributed by atoms with Gasteiger partial charge in [0, 0.05) is 10.4 Å². The second-order valence-corrected chi connectivity index (χ2v) is 4.48. The van der Waals surface area contributed by atoms with Crippen molar-refractivity contribution in [2.45, 2.75) is 0 Å². The number of carboxylic acids is 1. The van der Waals surface area contributed by atoms with E-state index in [0.717, 1.165) is 10.4 Å². The van der Waals surface area contributed by atoms with E-state index in [0.29, 0.717) is 10.8 Å². The topological polar surface area (TPSA) is 72.5 Å². The highest BCUT2D eigenvalue weighted by Gasteiger charge is 2.15. The Kier molecular flexibility index (Phi) is 3.01. The van der Waals surface area contributed by atoms with E-state index < -0.39 is 5.97 Å². The molecule has 0 aliphatic heterocycles. The molecule has 0 saturated carbocycles. The molecule has 0 spiro atoms. The second-order valence-electron chi connectivity index (χ2n) is 3.39. The van der Waals surface area contributed by atoms with Crippen LogP contribution in [-0.4, -0.2) is 18.2 Å². The van der Waals surface area contributed by atoms with Gasteiger partial charge in [-0.15, -0.1) is 11.3 Å². The third kappa shape index (κ3) is 2.09. The molecule has 1 aromatic heterocycles. The lowest BCUT2D eigenvalue weighted by atomic mass is 10.1. The first-order chi connectivity index (χ1) is 8.13. The van der Waals surface area contributed by atoms with Gasteiger partial charge in [-0.25, -0.2) is 4.79 Å². The highest BCUT2D eigenvalue weighted by molar-refractivity contribution is 7.19. The lowest BCUT2D eigenvalue weighted by Crippen LogP contribution is -1.97. The van der Waals surface area contributed by atoms with Crippen LogP contribution in [0.4, 0.5) is 5.00 Å².